The van der Waals surface area contributed by atoms with Crippen molar-refractivity contribution < 1.29 is 4.74 Å². The lowest BCUT2D eigenvalue weighted by Gasteiger charge is -2.33. The monoisotopic (exact) mass is 268 g/mol. The molecule has 0 fully saturated rings. The maximum absolute atomic E-state index is 5.75. The first-order valence-corrected chi connectivity index (χ1v) is 6.99. The third-order valence-corrected chi connectivity index (χ3v) is 4.18. The SMILES string of the molecule is COc1cccc(C(CC2Cc3ccccc32)NN)c1. The average molecular weight is 268 g/mol. The molecule has 2 unspecified atom stereocenters. The Morgan fingerprint density at radius 2 is 2.10 bits per heavy atom. The summed E-state index contributed by atoms with van der Waals surface area (Å²) in [5.41, 5.74) is 7.06. The Hall–Kier alpha value is -1.84. The molecule has 1 aliphatic rings. The molecular weight excluding hydrogens is 248 g/mol. The Morgan fingerprint density at radius 1 is 1.25 bits per heavy atom. The molecule has 0 spiro atoms. The summed E-state index contributed by atoms with van der Waals surface area (Å²) in [4.78, 5) is 0. The summed E-state index contributed by atoms with van der Waals surface area (Å²) in [6.07, 6.45) is 2.17. The van der Waals surface area contributed by atoms with Gasteiger partial charge >= 0.3 is 0 Å². The minimum atomic E-state index is 0.156. The van der Waals surface area contributed by atoms with Crippen molar-refractivity contribution in [2.45, 2.75) is 24.8 Å². The summed E-state index contributed by atoms with van der Waals surface area (Å²) in [5.74, 6) is 7.22. The van der Waals surface area contributed by atoms with E-state index in [0.717, 1.165) is 18.6 Å². The molecule has 0 saturated carbocycles. The van der Waals surface area contributed by atoms with Crippen LogP contribution in [0.4, 0.5) is 0 Å². The van der Waals surface area contributed by atoms with Gasteiger partial charge in [-0.2, -0.15) is 0 Å². The van der Waals surface area contributed by atoms with Crippen LogP contribution in [0.1, 0.15) is 35.1 Å². The van der Waals surface area contributed by atoms with E-state index in [0.29, 0.717) is 5.92 Å². The number of benzene rings is 2. The van der Waals surface area contributed by atoms with Crippen molar-refractivity contribution in [2.24, 2.45) is 5.84 Å². The lowest BCUT2D eigenvalue weighted by Crippen LogP contribution is -2.31. The van der Waals surface area contributed by atoms with Crippen LogP contribution in [-0.2, 0) is 6.42 Å². The normalized spacial score (nSPS) is 18.0. The van der Waals surface area contributed by atoms with Crippen LogP contribution >= 0.6 is 0 Å². The van der Waals surface area contributed by atoms with Crippen molar-refractivity contribution in [2.75, 3.05) is 7.11 Å². The minimum Gasteiger partial charge on any atom is -0.497 e. The molecule has 0 bridgehead atoms. The van der Waals surface area contributed by atoms with Gasteiger partial charge in [0, 0.05) is 6.04 Å². The quantitative estimate of drug-likeness (QED) is 0.647. The summed E-state index contributed by atoms with van der Waals surface area (Å²) in [6, 6.07) is 16.9. The van der Waals surface area contributed by atoms with E-state index in [-0.39, 0.29) is 6.04 Å². The van der Waals surface area contributed by atoms with E-state index in [9.17, 15) is 0 Å². The lowest BCUT2D eigenvalue weighted by atomic mass is 9.74. The van der Waals surface area contributed by atoms with Crippen LogP contribution < -0.4 is 16.0 Å². The molecule has 0 aliphatic heterocycles. The van der Waals surface area contributed by atoms with E-state index < -0.39 is 0 Å². The molecule has 0 radical (unpaired) electrons. The number of hydrogen-bond acceptors (Lipinski definition) is 3. The Kier molecular flexibility index (Phi) is 3.72. The van der Waals surface area contributed by atoms with Crippen LogP contribution in [-0.4, -0.2) is 7.11 Å². The van der Waals surface area contributed by atoms with Crippen LogP contribution in [0, 0.1) is 0 Å². The molecule has 0 amide bonds. The molecule has 20 heavy (non-hydrogen) atoms. The van der Waals surface area contributed by atoms with Gasteiger partial charge < -0.3 is 4.74 Å². The van der Waals surface area contributed by atoms with Crippen molar-refractivity contribution >= 4 is 0 Å². The molecule has 0 saturated heterocycles. The van der Waals surface area contributed by atoms with E-state index in [1.807, 2.05) is 12.1 Å². The minimum absolute atomic E-state index is 0.156. The largest absolute Gasteiger partial charge is 0.497 e. The van der Waals surface area contributed by atoms with Gasteiger partial charge in [-0.3, -0.25) is 11.3 Å². The predicted molar refractivity (Wildman–Crippen MR) is 80.6 cm³/mol. The topological polar surface area (TPSA) is 47.3 Å². The summed E-state index contributed by atoms with van der Waals surface area (Å²) < 4.78 is 5.28. The molecule has 2 aromatic carbocycles. The highest BCUT2D eigenvalue weighted by Gasteiger charge is 2.28. The number of nitrogens with two attached hydrogens (primary N) is 1. The van der Waals surface area contributed by atoms with Crippen LogP contribution in [0.2, 0.25) is 0 Å². The smallest absolute Gasteiger partial charge is 0.119 e. The summed E-state index contributed by atoms with van der Waals surface area (Å²) >= 11 is 0. The Balaban J connectivity index is 1.75. The van der Waals surface area contributed by atoms with E-state index in [1.54, 1.807) is 7.11 Å². The van der Waals surface area contributed by atoms with Gasteiger partial charge in [0.25, 0.3) is 0 Å². The van der Waals surface area contributed by atoms with Gasteiger partial charge in [0.15, 0.2) is 0 Å². The van der Waals surface area contributed by atoms with Gasteiger partial charge in [-0.25, -0.2) is 0 Å². The fourth-order valence-corrected chi connectivity index (χ4v) is 3.02. The van der Waals surface area contributed by atoms with Crippen LogP contribution in [0.5, 0.6) is 5.75 Å². The van der Waals surface area contributed by atoms with Gasteiger partial charge in [-0.1, -0.05) is 36.4 Å². The highest BCUT2D eigenvalue weighted by Crippen LogP contribution is 2.40. The number of rotatable bonds is 5. The highest BCUT2D eigenvalue weighted by atomic mass is 16.5. The molecule has 2 atom stereocenters. The zero-order valence-corrected chi connectivity index (χ0v) is 11.7. The molecule has 3 heteroatoms. The highest BCUT2D eigenvalue weighted by molar-refractivity contribution is 5.40. The average Bonchev–Trinajstić information content (AvgIpc) is 2.48. The van der Waals surface area contributed by atoms with E-state index in [1.165, 1.54) is 16.7 Å². The van der Waals surface area contributed by atoms with Gasteiger partial charge in [-0.05, 0) is 47.6 Å². The van der Waals surface area contributed by atoms with E-state index in [4.69, 9.17) is 10.6 Å². The van der Waals surface area contributed by atoms with Crippen molar-refractivity contribution in [1.82, 2.24) is 5.43 Å². The van der Waals surface area contributed by atoms with Crippen molar-refractivity contribution in [3.05, 3.63) is 65.2 Å². The number of hydrazine groups is 1. The van der Waals surface area contributed by atoms with E-state index in [2.05, 4.69) is 41.8 Å². The van der Waals surface area contributed by atoms with Gasteiger partial charge in [-0.15, -0.1) is 0 Å². The Bertz CT molecular complexity index is 597. The molecule has 1 aliphatic carbocycles. The first-order valence-electron chi connectivity index (χ1n) is 6.99. The summed E-state index contributed by atoms with van der Waals surface area (Å²) in [6.45, 7) is 0. The number of methoxy groups -OCH3 is 1. The Labute approximate surface area is 119 Å². The van der Waals surface area contributed by atoms with Crippen molar-refractivity contribution in [1.29, 1.82) is 0 Å². The molecule has 3 nitrogen and oxygen atoms in total. The van der Waals surface area contributed by atoms with Crippen molar-refractivity contribution in [3.8, 4) is 5.75 Å². The van der Waals surface area contributed by atoms with E-state index >= 15 is 0 Å². The molecule has 3 rings (SSSR count). The molecule has 3 N–H and O–H groups in total. The first kappa shape index (κ1) is 13.2. The molecule has 0 aromatic heterocycles. The number of hydrogen-bond donors (Lipinski definition) is 2. The summed E-state index contributed by atoms with van der Waals surface area (Å²) in [5, 5.41) is 0. The predicted octanol–water partition coefficient (Wildman–Crippen LogP) is 2.93. The fraction of sp³-hybridized carbons (Fsp3) is 0.294. The van der Waals surface area contributed by atoms with Gasteiger partial charge in [0.2, 0.25) is 0 Å². The second-order valence-electron chi connectivity index (χ2n) is 5.33. The Morgan fingerprint density at radius 3 is 2.85 bits per heavy atom. The lowest BCUT2D eigenvalue weighted by molar-refractivity contribution is 0.408. The van der Waals surface area contributed by atoms with Crippen molar-refractivity contribution in [3.63, 3.8) is 0 Å². The van der Waals surface area contributed by atoms with Crippen LogP contribution in [0.15, 0.2) is 48.5 Å². The maximum Gasteiger partial charge on any atom is 0.119 e. The zero-order valence-electron chi connectivity index (χ0n) is 11.7. The van der Waals surface area contributed by atoms with Gasteiger partial charge in [0.05, 0.1) is 7.11 Å². The fourth-order valence-electron chi connectivity index (χ4n) is 3.02. The second kappa shape index (κ2) is 5.65. The standard InChI is InChI=1S/C17H20N2O/c1-20-15-7-4-6-13(10-15)17(19-18)11-14-9-12-5-2-3-8-16(12)14/h2-8,10,14,17,19H,9,11,18H2,1H3. The molecule has 2 aromatic rings. The molecule has 104 valence electrons. The third kappa shape index (κ3) is 2.42. The second-order valence-corrected chi connectivity index (χ2v) is 5.33. The third-order valence-electron chi connectivity index (χ3n) is 4.18. The number of nitrogens with one attached hydrogen (secondary N) is 1. The molecule has 0 heterocycles. The summed E-state index contributed by atoms with van der Waals surface area (Å²) in [7, 11) is 1.69. The molecular formula is C17H20N2O. The number of ether oxygens (including phenoxy) is 1. The number of fused-ring (bicyclic) bond motifs is 1. The van der Waals surface area contributed by atoms with Crippen LogP contribution in [0.3, 0.4) is 0 Å². The zero-order chi connectivity index (χ0) is 13.9. The van der Waals surface area contributed by atoms with Crippen LogP contribution in [0.25, 0.3) is 0 Å². The van der Waals surface area contributed by atoms with Gasteiger partial charge in [0.1, 0.15) is 5.75 Å². The maximum atomic E-state index is 5.75. The first-order chi connectivity index (χ1) is 9.81.